The van der Waals surface area contributed by atoms with Gasteiger partial charge in [0.15, 0.2) is 0 Å². The predicted molar refractivity (Wildman–Crippen MR) is 67.3 cm³/mol. The molecule has 0 spiro atoms. The first-order valence-corrected chi connectivity index (χ1v) is 6.36. The zero-order valence-corrected chi connectivity index (χ0v) is 11.3. The molecule has 0 aromatic carbocycles. The van der Waals surface area contributed by atoms with Crippen molar-refractivity contribution < 1.29 is 19.3 Å². The van der Waals surface area contributed by atoms with Gasteiger partial charge in [0.25, 0.3) is 0 Å². The molecule has 0 aliphatic heterocycles. The minimum atomic E-state index is -0.447. The van der Waals surface area contributed by atoms with E-state index >= 15 is 0 Å². The molecule has 2 atom stereocenters. The number of hydrogen-bond donors (Lipinski definition) is 2. The van der Waals surface area contributed by atoms with E-state index in [-0.39, 0.29) is 6.10 Å². The SMILES string of the molecule is CCNCC(O)COCCOCC(C)OCC. The van der Waals surface area contributed by atoms with Crippen molar-refractivity contribution in [2.24, 2.45) is 0 Å². The Labute approximate surface area is 104 Å². The van der Waals surface area contributed by atoms with Gasteiger partial charge in [-0.05, 0) is 20.4 Å². The summed E-state index contributed by atoms with van der Waals surface area (Å²) in [5.74, 6) is 0. The summed E-state index contributed by atoms with van der Waals surface area (Å²) in [6, 6.07) is 0. The Balaban J connectivity index is 3.17. The maximum absolute atomic E-state index is 9.45. The van der Waals surface area contributed by atoms with Crippen LogP contribution in [0.25, 0.3) is 0 Å². The maximum atomic E-state index is 9.45. The lowest BCUT2D eigenvalue weighted by atomic mass is 10.4. The Hall–Kier alpha value is -0.200. The van der Waals surface area contributed by atoms with E-state index in [0.717, 1.165) is 6.54 Å². The second kappa shape index (κ2) is 12.3. The molecule has 0 saturated carbocycles. The van der Waals surface area contributed by atoms with Crippen molar-refractivity contribution in [2.75, 3.05) is 46.1 Å². The molecular weight excluding hydrogens is 222 g/mol. The zero-order chi connectivity index (χ0) is 12.9. The lowest BCUT2D eigenvalue weighted by molar-refractivity contribution is -0.0307. The van der Waals surface area contributed by atoms with Crippen molar-refractivity contribution >= 4 is 0 Å². The maximum Gasteiger partial charge on any atom is 0.0897 e. The van der Waals surface area contributed by atoms with E-state index in [9.17, 15) is 5.11 Å². The number of hydrogen-bond acceptors (Lipinski definition) is 5. The van der Waals surface area contributed by atoms with Crippen molar-refractivity contribution in [1.82, 2.24) is 5.32 Å². The molecule has 0 heterocycles. The highest BCUT2D eigenvalue weighted by atomic mass is 16.5. The van der Waals surface area contributed by atoms with Gasteiger partial charge in [-0.1, -0.05) is 6.92 Å². The van der Waals surface area contributed by atoms with Crippen molar-refractivity contribution in [3.63, 3.8) is 0 Å². The number of aliphatic hydroxyl groups is 1. The molecule has 2 unspecified atom stereocenters. The van der Waals surface area contributed by atoms with Crippen LogP contribution in [0.15, 0.2) is 0 Å². The lowest BCUT2D eigenvalue weighted by Crippen LogP contribution is -2.30. The summed E-state index contributed by atoms with van der Waals surface area (Å²) in [6.07, 6.45) is -0.323. The fourth-order valence-electron chi connectivity index (χ4n) is 1.29. The molecule has 0 aromatic rings. The molecule has 0 fully saturated rings. The highest BCUT2D eigenvalue weighted by molar-refractivity contribution is 4.56. The zero-order valence-electron chi connectivity index (χ0n) is 11.3. The lowest BCUT2D eigenvalue weighted by Gasteiger charge is -2.13. The number of aliphatic hydroxyl groups excluding tert-OH is 1. The third-order valence-electron chi connectivity index (χ3n) is 2.12. The second-order valence-electron chi connectivity index (χ2n) is 3.88. The number of likely N-dealkylation sites (N-methyl/N-ethyl adjacent to an activating group) is 1. The molecule has 17 heavy (non-hydrogen) atoms. The van der Waals surface area contributed by atoms with Gasteiger partial charge in [-0.2, -0.15) is 0 Å². The van der Waals surface area contributed by atoms with Gasteiger partial charge in [0.1, 0.15) is 0 Å². The number of nitrogens with one attached hydrogen (secondary N) is 1. The van der Waals surface area contributed by atoms with Crippen LogP contribution in [0.1, 0.15) is 20.8 Å². The van der Waals surface area contributed by atoms with Crippen LogP contribution in [0, 0.1) is 0 Å². The first kappa shape index (κ1) is 16.8. The summed E-state index contributed by atoms with van der Waals surface area (Å²) < 4.78 is 16.0. The van der Waals surface area contributed by atoms with E-state index in [4.69, 9.17) is 14.2 Å². The van der Waals surface area contributed by atoms with Crippen LogP contribution < -0.4 is 5.32 Å². The minimum absolute atomic E-state index is 0.124. The van der Waals surface area contributed by atoms with E-state index in [2.05, 4.69) is 5.32 Å². The molecule has 0 radical (unpaired) electrons. The van der Waals surface area contributed by atoms with Gasteiger partial charge < -0.3 is 24.6 Å². The molecule has 0 rings (SSSR count). The molecule has 0 bridgehead atoms. The van der Waals surface area contributed by atoms with Crippen molar-refractivity contribution in [1.29, 1.82) is 0 Å². The summed E-state index contributed by atoms with van der Waals surface area (Å²) in [5.41, 5.74) is 0. The average Bonchev–Trinajstić information content (AvgIpc) is 2.31. The Bertz CT molecular complexity index is 157. The smallest absolute Gasteiger partial charge is 0.0897 e. The van der Waals surface area contributed by atoms with Crippen LogP contribution in [0.3, 0.4) is 0 Å². The van der Waals surface area contributed by atoms with Gasteiger partial charge in [0.05, 0.1) is 38.6 Å². The van der Waals surface area contributed by atoms with Crippen LogP contribution in [-0.4, -0.2) is 63.4 Å². The Morgan fingerprint density at radius 1 is 1.12 bits per heavy atom. The first-order valence-electron chi connectivity index (χ1n) is 6.36. The van der Waals surface area contributed by atoms with Crippen LogP contribution in [-0.2, 0) is 14.2 Å². The molecule has 104 valence electrons. The van der Waals surface area contributed by atoms with Gasteiger partial charge in [0, 0.05) is 13.2 Å². The number of rotatable bonds is 12. The van der Waals surface area contributed by atoms with E-state index in [0.29, 0.717) is 39.6 Å². The Morgan fingerprint density at radius 3 is 2.35 bits per heavy atom. The fraction of sp³-hybridized carbons (Fsp3) is 1.00. The van der Waals surface area contributed by atoms with Gasteiger partial charge in [-0.3, -0.25) is 0 Å². The second-order valence-corrected chi connectivity index (χ2v) is 3.88. The fourth-order valence-corrected chi connectivity index (χ4v) is 1.29. The van der Waals surface area contributed by atoms with Crippen LogP contribution in [0.2, 0.25) is 0 Å². The van der Waals surface area contributed by atoms with E-state index < -0.39 is 6.10 Å². The summed E-state index contributed by atoms with van der Waals surface area (Å²) in [5, 5.41) is 12.5. The topological polar surface area (TPSA) is 60.0 Å². The largest absolute Gasteiger partial charge is 0.389 e. The Kier molecular flexibility index (Phi) is 12.1. The average molecular weight is 249 g/mol. The highest BCUT2D eigenvalue weighted by Gasteiger charge is 2.03. The van der Waals surface area contributed by atoms with Gasteiger partial charge >= 0.3 is 0 Å². The summed E-state index contributed by atoms with van der Waals surface area (Å²) in [7, 11) is 0. The molecule has 0 aliphatic rings. The van der Waals surface area contributed by atoms with Crippen LogP contribution >= 0.6 is 0 Å². The number of ether oxygens (including phenoxy) is 3. The molecule has 0 aliphatic carbocycles. The third-order valence-corrected chi connectivity index (χ3v) is 2.12. The van der Waals surface area contributed by atoms with Crippen LogP contribution in [0.4, 0.5) is 0 Å². The van der Waals surface area contributed by atoms with E-state index in [1.165, 1.54) is 0 Å². The normalized spacial score (nSPS) is 14.8. The van der Waals surface area contributed by atoms with Crippen molar-refractivity contribution in [2.45, 2.75) is 33.0 Å². The van der Waals surface area contributed by atoms with Crippen LogP contribution in [0.5, 0.6) is 0 Å². The minimum Gasteiger partial charge on any atom is -0.389 e. The summed E-state index contributed by atoms with van der Waals surface area (Å²) in [4.78, 5) is 0. The molecule has 5 nitrogen and oxygen atoms in total. The van der Waals surface area contributed by atoms with E-state index in [1.54, 1.807) is 0 Å². The van der Waals surface area contributed by atoms with Gasteiger partial charge in [0.2, 0.25) is 0 Å². The highest BCUT2D eigenvalue weighted by Crippen LogP contribution is 1.92. The molecule has 0 amide bonds. The Morgan fingerprint density at radius 2 is 1.76 bits per heavy atom. The molecule has 0 aromatic heterocycles. The molecule has 2 N–H and O–H groups in total. The quantitative estimate of drug-likeness (QED) is 0.491. The molecule has 5 heteroatoms. The van der Waals surface area contributed by atoms with Gasteiger partial charge in [-0.25, -0.2) is 0 Å². The molecular formula is C12H27NO4. The van der Waals surface area contributed by atoms with Gasteiger partial charge in [-0.15, -0.1) is 0 Å². The van der Waals surface area contributed by atoms with Crippen molar-refractivity contribution in [3.8, 4) is 0 Å². The predicted octanol–water partition coefficient (Wildman–Crippen LogP) is 0.415. The van der Waals surface area contributed by atoms with E-state index in [1.807, 2.05) is 20.8 Å². The summed E-state index contributed by atoms with van der Waals surface area (Å²) in [6.45, 7) is 10.0. The molecule has 0 saturated heterocycles. The summed E-state index contributed by atoms with van der Waals surface area (Å²) >= 11 is 0. The van der Waals surface area contributed by atoms with Crippen molar-refractivity contribution in [3.05, 3.63) is 0 Å². The third kappa shape index (κ3) is 12.1. The standard InChI is InChI=1S/C12H27NO4/c1-4-13-8-12(14)10-16-7-6-15-9-11(3)17-5-2/h11-14H,4-10H2,1-3H3. The first-order chi connectivity index (χ1) is 8.20. The monoisotopic (exact) mass is 249 g/mol.